The lowest BCUT2D eigenvalue weighted by Crippen LogP contribution is -2.41. The number of fused-ring (bicyclic) bond motifs is 1. The Balaban J connectivity index is 1.81. The summed E-state index contributed by atoms with van der Waals surface area (Å²) in [4.78, 5) is 34.6. The Morgan fingerprint density at radius 2 is 2.27 bits per heavy atom. The number of carbonyl (C=O) groups excluding carboxylic acids is 1. The van der Waals surface area contributed by atoms with Crippen LogP contribution in [0.2, 0.25) is 0 Å². The van der Waals surface area contributed by atoms with E-state index in [9.17, 15) is 14.9 Å². The first-order chi connectivity index (χ1) is 12.6. The van der Waals surface area contributed by atoms with Gasteiger partial charge in [0.2, 0.25) is 11.9 Å². The fourth-order valence-corrected chi connectivity index (χ4v) is 3.81. The first-order valence-electron chi connectivity index (χ1n) is 8.71. The summed E-state index contributed by atoms with van der Waals surface area (Å²) in [6.07, 6.45) is 3.63. The third kappa shape index (κ3) is 2.65. The van der Waals surface area contributed by atoms with E-state index in [0.29, 0.717) is 17.6 Å². The molecule has 8 heteroatoms. The molecule has 2 aliphatic rings. The molecule has 0 spiro atoms. The van der Waals surface area contributed by atoms with Crippen LogP contribution in [0.25, 0.3) is 0 Å². The number of rotatable bonds is 2. The van der Waals surface area contributed by atoms with Crippen molar-refractivity contribution >= 4 is 17.7 Å². The summed E-state index contributed by atoms with van der Waals surface area (Å²) >= 11 is 0. The quantitative estimate of drug-likeness (QED) is 0.851. The van der Waals surface area contributed by atoms with Gasteiger partial charge in [-0.2, -0.15) is 10.2 Å². The molecule has 8 nitrogen and oxygen atoms in total. The summed E-state index contributed by atoms with van der Waals surface area (Å²) in [5.74, 6) is -0.717. The second-order valence-corrected chi connectivity index (χ2v) is 6.93. The number of hydrogen-bond donors (Lipinski definition) is 2. The van der Waals surface area contributed by atoms with Gasteiger partial charge in [0.1, 0.15) is 17.5 Å². The maximum atomic E-state index is 12.9. The fraction of sp³-hybridized carbons (Fsp3) is 0.444. The molecule has 4 heterocycles. The standard InChI is InChI=1S/C18H19N5O3/c1-10-4-2-6-23(9-10)18-21-15-14(17(25)22-18)13(12-5-3-7-26-12)11(8-19)16(24)20-15/h3,5,7,10-11,13H,2,4,6,9H2,1H3,(H2,20,21,22,24,25). The van der Waals surface area contributed by atoms with E-state index in [4.69, 9.17) is 4.42 Å². The van der Waals surface area contributed by atoms with E-state index in [1.54, 1.807) is 12.1 Å². The molecule has 26 heavy (non-hydrogen) atoms. The third-order valence-corrected chi connectivity index (χ3v) is 5.06. The molecular formula is C18H19N5O3. The largest absolute Gasteiger partial charge is 0.469 e. The Kier molecular flexibility index (Phi) is 3.99. The van der Waals surface area contributed by atoms with E-state index in [1.165, 1.54) is 6.26 Å². The molecule has 2 aromatic heterocycles. The van der Waals surface area contributed by atoms with Gasteiger partial charge < -0.3 is 14.6 Å². The minimum atomic E-state index is -1.04. The number of hydrogen-bond acceptors (Lipinski definition) is 6. The molecule has 3 atom stereocenters. The summed E-state index contributed by atoms with van der Waals surface area (Å²) < 4.78 is 5.40. The zero-order valence-electron chi connectivity index (χ0n) is 14.4. The van der Waals surface area contributed by atoms with Gasteiger partial charge >= 0.3 is 0 Å². The van der Waals surface area contributed by atoms with E-state index < -0.39 is 17.7 Å². The van der Waals surface area contributed by atoms with Crippen molar-refractivity contribution < 1.29 is 9.21 Å². The minimum absolute atomic E-state index is 0.208. The maximum absolute atomic E-state index is 12.9. The maximum Gasteiger partial charge on any atom is 0.258 e. The molecule has 1 fully saturated rings. The molecule has 2 aliphatic heterocycles. The van der Waals surface area contributed by atoms with Crippen molar-refractivity contribution in [3.63, 3.8) is 0 Å². The number of H-pyrrole nitrogens is 1. The topological polar surface area (TPSA) is 115 Å². The number of anilines is 2. The summed E-state index contributed by atoms with van der Waals surface area (Å²) in [7, 11) is 0. The summed E-state index contributed by atoms with van der Waals surface area (Å²) in [5, 5.41) is 12.1. The molecule has 0 aliphatic carbocycles. The normalized spacial score (nSPS) is 25.3. The Morgan fingerprint density at radius 3 is 2.96 bits per heavy atom. The first kappa shape index (κ1) is 16.4. The van der Waals surface area contributed by atoms with Gasteiger partial charge in [-0.3, -0.25) is 14.6 Å². The lowest BCUT2D eigenvalue weighted by atomic mass is 9.82. The number of nitriles is 1. The molecule has 1 amide bonds. The van der Waals surface area contributed by atoms with Gasteiger partial charge in [0.15, 0.2) is 0 Å². The number of nitrogens with one attached hydrogen (secondary N) is 2. The van der Waals surface area contributed by atoms with Crippen LogP contribution >= 0.6 is 0 Å². The van der Waals surface area contributed by atoms with Gasteiger partial charge in [0.05, 0.1) is 23.8 Å². The predicted molar refractivity (Wildman–Crippen MR) is 93.8 cm³/mol. The average molecular weight is 353 g/mol. The highest BCUT2D eigenvalue weighted by Gasteiger charge is 2.42. The van der Waals surface area contributed by atoms with Gasteiger partial charge in [-0.25, -0.2) is 0 Å². The molecular weight excluding hydrogens is 334 g/mol. The van der Waals surface area contributed by atoms with E-state index >= 15 is 0 Å². The van der Waals surface area contributed by atoms with Crippen molar-refractivity contribution in [2.24, 2.45) is 11.8 Å². The van der Waals surface area contributed by atoms with E-state index in [-0.39, 0.29) is 16.9 Å². The van der Waals surface area contributed by atoms with Crippen molar-refractivity contribution in [1.29, 1.82) is 5.26 Å². The zero-order chi connectivity index (χ0) is 18.3. The lowest BCUT2D eigenvalue weighted by molar-refractivity contribution is -0.119. The second-order valence-electron chi connectivity index (χ2n) is 6.93. The van der Waals surface area contributed by atoms with E-state index in [2.05, 4.69) is 22.2 Å². The molecule has 4 rings (SSSR count). The SMILES string of the molecule is CC1CCCN(c2nc3c(c(=O)[nH]2)C(c2ccco2)C(C#N)C(=O)N3)C1. The summed E-state index contributed by atoms with van der Waals surface area (Å²) in [5.41, 5.74) is -0.0928. The Morgan fingerprint density at radius 1 is 1.42 bits per heavy atom. The van der Waals surface area contributed by atoms with E-state index in [1.807, 2.05) is 11.0 Å². The molecule has 0 bridgehead atoms. The van der Waals surface area contributed by atoms with Crippen LogP contribution in [-0.4, -0.2) is 29.0 Å². The van der Waals surface area contributed by atoms with Gasteiger partial charge in [0, 0.05) is 13.1 Å². The number of aromatic nitrogens is 2. The number of aromatic amines is 1. The molecule has 1 saturated heterocycles. The van der Waals surface area contributed by atoms with Crippen molar-refractivity contribution in [3.8, 4) is 6.07 Å². The Bertz CT molecular complexity index is 927. The second kappa shape index (κ2) is 6.33. The molecule has 2 N–H and O–H groups in total. The first-order valence-corrected chi connectivity index (χ1v) is 8.71. The van der Waals surface area contributed by atoms with Crippen molar-refractivity contribution in [2.75, 3.05) is 23.3 Å². The molecule has 2 aromatic rings. The molecule has 0 aromatic carbocycles. The number of nitrogens with zero attached hydrogens (tertiary/aromatic N) is 3. The summed E-state index contributed by atoms with van der Waals surface area (Å²) in [6.45, 7) is 3.77. The van der Waals surface area contributed by atoms with Crippen LogP contribution in [-0.2, 0) is 4.79 Å². The lowest BCUT2D eigenvalue weighted by Gasteiger charge is -2.33. The minimum Gasteiger partial charge on any atom is -0.469 e. The monoisotopic (exact) mass is 353 g/mol. The van der Waals surface area contributed by atoms with Crippen molar-refractivity contribution in [2.45, 2.75) is 25.7 Å². The Labute approximate surface area is 149 Å². The van der Waals surface area contributed by atoms with Gasteiger partial charge in [-0.05, 0) is 30.9 Å². The molecule has 0 saturated carbocycles. The third-order valence-electron chi connectivity index (χ3n) is 5.06. The highest BCUT2D eigenvalue weighted by Crippen LogP contribution is 2.38. The average Bonchev–Trinajstić information content (AvgIpc) is 3.14. The number of amides is 1. The smallest absolute Gasteiger partial charge is 0.258 e. The fourth-order valence-electron chi connectivity index (χ4n) is 3.81. The Hall–Kier alpha value is -3.08. The zero-order valence-corrected chi connectivity index (χ0v) is 14.4. The van der Waals surface area contributed by atoms with Crippen LogP contribution in [0.4, 0.5) is 11.8 Å². The molecule has 3 unspecified atom stereocenters. The van der Waals surface area contributed by atoms with Gasteiger partial charge in [0.25, 0.3) is 5.56 Å². The molecule has 0 radical (unpaired) electrons. The number of piperidine rings is 1. The number of carbonyl (C=O) groups is 1. The van der Waals surface area contributed by atoms with Crippen LogP contribution in [0, 0.1) is 23.2 Å². The van der Waals surface area contributed by atoms with Crippen molar-refractivity contribution in [1.82, 2.24) is 9.97 Å². The van der Waals surface area contributed by atoms with Crippen LogP contribution in [0.15, 0.2) is 27.6 Å². The van der Waals surface area contributed by atoms with E-state index in [0.717, 1.165) is 25.9 Å². The van der Waals surface area contributed by atoms with Crippen LogP contribution in [0.1, 0.15) is 37.0 Å². The summed E-state index contributed by atoms with van der Waals surface area (Å²) in [6, 6.07) is 5.31. The van der Waals surface area contributed by atoms with Gasteiger partial charge in [-0.1, -0.05) is 6.92 Å². The highest BCUT2D eigenvalue weighted by atomic mass is 16.3. The highest BCUT2D eigenvalue weighted by molar-refractivity contribution is 5.97. The van der Waals surface area contributed by atoms with Crippen LogP contribution in [0.5, 0.6) is 0 Å². The van der Waals surface area contributed by atoms with Crippen LogP contribution < -0.4 is 15.8 Å². The molecule has 134 valence electrons. The predicted octanol–water partition coefficient (Wildman–Crippen LogP) is 1.82. The van der Waals surface area contributed by atoms with Crippen LogP contribution in [0.3, 0.4) is 0 Å². The number of furan rings is 1. The van der Waals surface area contributed by atoms with Crippen molar-refractivity contribution in [3.05, 3.63) is 40.1 Å². The van der Waals surface area contributed by atoms with Gasteiger partial charge in [-0.15, -0.1) is 0 Å².